The molecule has 0 heterocycles. The van der Waals surface area contributed by atoms with Crippen LogP contribution in [0.15, 0.2) is 12.2 Å². The van der Waals surface area contributed by atoms with Crippen LogP contribution in [0.5, 0.6) is 0 Å². The van der Waals surface area contributed by atoms with Crippen LogP contribution in [0.2, 0.25) is 0 Å². The molecule has 0 saturated heterocycles. The fourth-order valence-electron chi connectivity index (χ4n) is 6.55. The van der Waals surface area contributed by atoms with Gasteiger partial charge < -0.3 is 14.2 Å². The highest BCUT2D eigenvalue weighted by Crippen LogP contribution is 2.15. The van der Waals surface area contributed by atoms with Gasteiger partial charge in [0.05, 0.1) is 0 Å². The number of hydrogen-bond donors (Lipinski definition) is 0. The fraction of sp³-hybridized carbons (Fsp3) is 0.891. The Labute approximate surface area is 322 Å². The minimum absolute atomic E-state index is 0.0685. The van der Waals surface area contributed by atoms with E-state index in [1.807, 2.05) is 0 Å². The molecule has 0 saturated carbocycles. The Morgan fingerprint density at radius 3 is 0.962 bits per heavy atom. The van der Waals surface area contributed by atoms with Crippen molar-refractivity contribution in [3.05, 3.63) is 12.2 Å². The van der Waals surface area contributed by atoms with Gasteiger partial charge in [0.1, 0.15) is 13.2 Å². The topological polar surface area (TPSA) is 78.9 Å². The van der Waals surface area contributed by atoms with Gasteiger partial charge in [-0.2, -0.15) is 0 Å². The minimum Gasteiger partial charge on any atom is -0.462 e. The summed E-state index contributed by atoms with van der Waals surface area (Å²) in [6.45, 7) is 6.60. The van der Waals surface area contributed by atoms with Gasteiger partial charge in [-0.15, -0.1) is 0 Å². The van der Waals surface area contributed by atoms with Crippen LogP contribution in [0.25, 0.3) is 0 Å². The maximum Gasteiger partial charge on any atom is 0.306 e. The number of carbonyl (C=O) groups excluding carboxylic acids is 3. The van der Waals surface area contributed by atoms with Crippen LogP contribution in [-0.4, -0.2) is 37.2 Å². The molecular weight excluding hydrogens is 648 g/mol. The van der Waals surface area contributed by atoms with Gasteiger partial charge in [0, 0.05) is 19.3 Å². The maximum absolute atomic E-state index is 12.7. The highest BCUT2D eigenvalue weighted by Gasteiger charge is 2.19. The summed E-state index contributed by atoms with van der Waals surface area (Å²) in [6.07, 6.45) is 43.3. The van der Waals surface area contributed by atoms with Crippen LogP contribution < -0.4 is 0 Å². The second kappa shape index (κ2) is 41.9. The van der Waals surface area contributed by atoms with E-state index in [4.69, 9.17) is 14.2 Å². The van der Waals surface area contributed by atoms with Crippen LogP contribution in [0.1, 0.15) is 245 Å². The third kappa shape index (κ3) is 39.4. The summed E-state index contributed by atoms with van der Waals surface area (Å²) < 4.78 is 16.7. The Morgan fingerprint density at radius 1 is 0.365 bits per heavy atom. The molecule has 0 bridgehead atoms. The van der Waals surface area contributed by atoms with Crippen LogP contribution in [0, 0.1) is 0 Å². The van der Waals surface area contributed by atoms with Gasteiger partial charge in [-0.25, -0.2) is 0 Å². The number of carbonyl (C=O) groups is 3. The van der Waals surface area contributed by atoms with Gasteiger partial charge in [-0.1, -0.05) is 193 Å². The van der Waals surface area contributed by atoms with Crippen molar-refractivity contribution in [1.29, 1.82) is 0 Å². The molecule has 6 heteroatoms. The van der Waals surface area contributed by atoms with Gasteiger partial charge >= 0.3 is 17.9 Å². The summed E-state index contributed by atoms with van der Waals surface area (Å²) in [7, 11) is 0. The zero-order chi connectivity index (χ0) is 38.0. The second-order valence-corrected chi connectivity index (χ2v) is 15.3. The van der Waals surface area contributed by atoms with Gasteiger partial charge in [0.25, 0.3) is 0 Å². The SMILES string of the molecule is CCCCCCC/C=C\CCCCCCCC(=O)OC[C@@H](COC(=O)CCCCCCCCCCCC)OC(=O)CCCCCCCCCCCC. The monoisotopic (exact) mass is 735 g/mol. The number of ether oxygens (including phenoxy) is 3. The lowest BCUT2D eigenvalue weighted by molar-refractivity contribution is -0.167. The average Bonchev–Trinajstić information content (AvgIpc) is 3.14. The smallest absolute Gasteiger partial charge is 0.306 e. The zero-order valence-electron chi connectivity index (χ0n) is 34.8. The molecule has 0 fully saturated rings. The summed E-state index contributed by atoms with van der Waals surface area (Å²) in [5, 5.41) is 0. The molecule has 0 radical (unpaired) electrons. The maximum atomic E-state index is 12.7. The number of hydrogen-bond acceptors (Lipinski definition) is 6. The Balaban J connectivity index is 4.33. The summed E-state index contributed by atoms with van der Waals surface area (Å²) in [5.41, 5.74) is 0. The fourth-order valence-corrected chi connectivity index (χ4v) is 6.55. The molecule has 0 unspecified atom stereocenters. The van der Waals surface area contributed by atoms with Crippen molar-refractivity contribution in [3.8, 4) is 0 Å². The van der Waals surface area contributed by atoms with Crippen molar-refractivity contribution in [2.45, 2.75) is 252 Å². The lowest BCUT2D eigenvalue weighted by Gasteiger charge is -2.18. The number of esters is 3. The molecule has 52 heavy (non-hydrogen) atoms. The van der Waals surface area contributed by atoms with Crippen LogP contribution in [0.3, 0.4) is 0 Å². The molecule has 306 valence electrons. The van der Waals surface area contributed by atoms with E-state index in [0.29, 0.717) is 19.3 Å². The molecule has 0 aliphatic heterocycles. The largest absolute Gasteiger partial charge is 0.462 e. The zero-order valence-corrected chi connectivity index (χ0v) is 34.8. The summed E-state index contributed by atoms with van der Waals surface area (Å²) in [4.78, 5) is 37.6. The first-order chi connectivity index (χ1) is 25.5. The number of unbranched alkanes of at least 4 members (excludes halogenated alkanes) is 28. The average molecular weight is 735 g/mol. The summed E-state index contributed by atoms with van der Waals surface area (Å²) in [6, 6.07) is 0. The van der Waals surface area contributed by atoms with E-state index in [1.165, 1.54) is 141 Å². The molecule has 0 spiro atoms. The highest BCUT2D eigenvalue weighted by molar-refractivity contribution is 5.71. The molecule has 6 nitrogen and oxygen atoms in total. The first-order valence-electron chi connectivity index (χ1n) is 22.7. The molecule has 1 atom stereocenters. The molecule has 0 N–H and O–H groups in total. The van der Waals surface area contributed by atoms with Gasteiger partial charge in [0.15, 0.2) is 6.10 Å². The Morgan fingerprint density at radius 2 is 0.635 bits per heavy atom. The third-order valence-corrected chi connectivity index (χ3v) is 10.0. The van der Waals surface area contributed by atoms with E-state index in [9.17, 15) is 14.4 Å². The molecule has 0 aromatic carbocycles. The molecule has 0 aliphatic rings. The summed E-state index contributed by atoms with van der Waals surface area (Å²) in [5.74, 6) is -0.873. The van der Waals surface area contributed by atoms with E-state index in [-0.39, 0.29) is 31.1 Å². The lowest BCUT2D eigenvalue weighted by atomic mass is 10.1. The van der Waals surface area contributed by atoms with Gasteiger partial charge in [0.2, 0.25) is 0 Å². The molecule has 0 rings (SSSR count). The van der Waals surface area contributed by atoms with Crippen molar-refractivity contribution >= 4 is 17.9 Å². The van der Waals surface area contributed by atoms with E-state index >= 15 is 0 Å². The molecule has 0 aliphatic carbocycles. The number of rotatable bonds is 41. The standard InChI is InChI=1S/C46H86O6/c1-4-7-10-13-16-19-22-23-24-25-28-30-33-36-39-45(48)51-42-43(52-46(49)40-37-34-31-27-21-18-15-12-9-6-3)41-50-44(47)38-35-32-29-26-20-17-14-11-8-5-2/h22-23,43H,4-21,24-42H2,1-3H3/b23-22-/t43-/m1/s1. The Kier molecular flexibility index (Phi) is 40.4. The van der Waals surface area contributed by atoms with Crippen molar-refractivity contribution in [2.24, 2.45) is 0 Å². The predicted octanol–water partition coefficient (Wildman–Crippen LogP) is 14.3. The predicted molar refractivity (Wildman–Crippen MR) is 220 cm³/mol. The van der Waals surface area contributed by atoms with E-state index in [1.54, 1.807) is 0 Å². The Hall–Kier alpha value is -1.85. The van der Waals surface area contributed by atoms with E-state index < -0.39 is 6.10 Å². The van der Waals surface area contributed by atoms with Crippen LogP contribution in [-0.2, 0) is 28.6 Å². The van der Waals surface area contributed by atoms with Gasteiger partial charge in [-0.05, 0) is 44.9 Å². The van der Waals surface area contributed by atoms with Crippen molar-refractivity contribution in [2.75, 3.05) is 13.2 Å². The molecule has 0 aromatic rings. The van der Waals surface area contributed by atoms with Crippen molar-refractivity contribution in [3.63, 3.8) is 0 Å². The van der Waals surface area contributed by atoms with E-state index in [2.05, 4.69) is 32.9 Å². The van der Waals surface area contributed by atoms with Crippen molar-refractivity contribution in [1.82, 2.24) is 0 Å². The van der Waals surface area contributed by atoms with Gasteiger partial charge in [-0.3, -0.25) is 14.4 Å². The van der Waals surface area contributed by atoms with E-state index in [0.717, 1.165) is 64.2 Å². The lowest BCUT2D eigenvalue weighted by Crippen LogP contribution is -2.30. The highest BCUT2D eigenvalue weighted by atomic mass is 16.6. The van der Waals surface area contributed by atoms with Crippen LogP contribution in [0.4, 0.5) is 0 Å². The molecule has 0 amide bonds. The quantitative estimate of drug-likeness (QED) is 0.0269. The molecular formula is C46H86O6. The van der Waals surface area contributed by atoms with Crippen molar-refractivity contribution < 1.29 is 28.6 Å². The first kappa shape index (κ1) is 50.1. The number of allylic oxidation sites excluding steroid dienone is 2. The minimum atomic E-state index is -0.763. The van der Waals surface area contributed by atoms with Crippen LogP contribution >= 0.6 is 0 Å². The summed E-state index contributed by atoms with van der Waals surface area (Å²) >= 11 is 0. The normalized spacial score (nSPS) is 12.0. The second-order valence-electron chi connectivity index (χ2n) is 15.3. The molecule has 0 aromatic heterocycles. The first-order valence-corrected chi connectivity index (χ1v) is 22.7. The third-order valence-electron chi connectivity index (χ3n) is 10.0. The Bertz CT molecular complexity index is 809.